The molecule has 1 rings (SSSR count). The van der Waals surface area contributed by atoms with Crippen molar-refractivity contribution >= 4 is 33.5 Å². The SMILES string of the molecule is N#Cc1c(Br)ccc(CCl)c1C(=O)O. The third kappa shape index (κ3) is 1.89. The minimum absolute atomic E-state index is 0.0307. The monoisotopic (exact) mass is 273 g/mol. The van der Waals surface area contributed by atoms with Gasteiger partial charge in [-0.3, -0.25) is 0 Å². The molecule has 0 fully saturated rings. The van der Waals surface area contributed by atoms with Crippen LogP contribution in [0.5, 0.6) is 0 Å². The van der Waals surface area contributed by atoms with Crippen LogP contribution >= 0.6 is 27.5 Å². The van der Waals surface area contributed by atoms with E-state index in [-0.39, 0.29) is 17.0 Å². The highest BCUT2D eigenvalue weighted by Gasteiger charge is 2.17. The van der Waals surface area contributed by atoms with Crippen LogP contribution in [0.15, 0.2) is 16.6 Å². The second kappa shape index (κ2) is 4.45. The van der Waals surface area contributed by atoms with Crippen molar-refractivity contribution in [2.45, 2.75) is 5.88 Å². The predicted octanol–water partition coefficient (Wildman–Crippen LogP) is 2.76. The Hall–Kier alpha value is -1.05. The van der Waals surface area contributed by atoms with Crippen LogP contribution in [-0.4, -0.2) is 11.1 Å². The van der Waals surface area contributed by atoms with Gasteiger partial charge in [-0.25, -0.2) is 4.79 Å². The fraction of sp³-hybridized carbons (Fsp3) is 0.111. The summed E-state index contributed by atoms with van der Waals surface area (Å²) < 4.78 is 0.464. The fourth-order valence-electron chi connectivity index (χ4n) is 1.09. The first kappa shape index (κ1) is 11.0. The van der Waals surface area contributed by atoms with Gasteiger partial charge < -0.3 is 5.11 Å². The normalized spacial score (nSPS) is 9.50. The second-order valence-electron chi connectivity index (χ2n) is 2.51. The van der Waals surface area contributed by atoms with E-state index in [1.165, 1.54) is 0 Å². The first-order valence-electron chi connectivity index (χ1n) is 3.62. The molecule has 0 saturated heterocycles. The Morgan fingerprint density at radius 1 is 1.64 bits per heavy atom. The zero-order valence-corrected chi connectivity index (χ0v) is 9.26. The number of benzene rings is 1. The number of rotatable bonds is 2. The Labute approximate surface area is 94.0 Å². The highest BCUT2D eigenvalue weighted by molar-refractivity contribution is 9.10. The number of carboxylic acid groups (broad SMARTS) is 1. The number of hydrogen-bond donors (Lipinski definition) is 1. The summed E-state index contributed by atoms with van der Waals surface area (Å²) in [5.41, 5.74) is 0.520. The maximum absolute atomic E-state index is 10.9. The fourth-order valence-corrected chi connectivity index (χ4v) is 1.73. The van der Waals surface area contributed by atoms with E-state index in [1.54, 1.807) is 12.1 Å². The first-order valence-corrected chi connectivity index (χ1v) is 4.95. The third-order valence-corrected chi connectivity index (χ3v) is 2.66. The van der Waals surface area contributed by atoms with Gasteiger partial charge in [-0.15, -0.1) is 11.6 Å². The van der Waals surface area contributed by atoms with E-state index in [2.05, 4.69) is 15.9 Å². The van der Waals surface area contributed by atoms with Crippen LogP contribution in [0.2, 0.25) is 0 Å². The van der Waals surface area contributed by atoms with Crippen molar-refractivity contribution in [2.75, 3.05) is 0 Å². The molecule has 3 nitrogen and oxygen atoms in total. The van der Waals surface area contributed by atoms with Crippen LogP contribution in [0.3, 0.4) is 0 Å². The van der Waals surface area contributed by atoms with Gasteiger partial charge >= 0.3 is 5.97 Å². The summed E-state index contributed by atoms with van der Waals surface area (Å²) in [5, 5.41) is 17.7. The van der Waals surface area contributed by atoms with Crippen molar-refractivity contribution in [3.8, 4) is 6.07 Å². The Kier molecular flexibility index (Phi) is 3.50. The molecule has 0 unspecified atom stereocenters. The summed E-state index contributed by atoms with van der Waals surface area (Å²) in [7, 11) is 0. The van der Waals surface area contributed by atoms with E-state index in [0.717, 1.165) is 0 Å². The van der Waals surface area contributed by atoms with Crippen LogP contribution in [0.25, 0.3) is 0 Å². The highest BCUT2D eigenvalue weighted by atomic mass is 79.9. The smallest absolute Gasteiger partial charge is 0.337 e. The minimum atomic E-state index is -1.14. The number of nitriles is 1. The molecule has 0 aliphatic carbocycles. The van der Waals surface area contributed by atoms with Crippen LogP contribution in [0, 0.1) is 11.3 Å². The molecule has 5 heteroatoms. The number of carboxylic acids is 1. The number of hydrogen-bond acceptors (Lipinski definition) is 2. The standard InChI is InChI=1S/C9H5BrClNO2/c10-7-2-1-5(3-11)8(9(13)14)6(7)4-12/h1-2H,3H2,(H,13,14). The molecule has 14 heavy (non-hydrogen) atoms. The zero-order chi connectivity index (χ0) is 10.7. The topological polar surface area (TPSA) is 61.1 Å². The van der Waals surface area contributed by atoms with E-state index < -0.39 is 5.97 Å². The summed E-state index contributed by atoms with van der Waals surface area (Å²) in [6.07, 6.45) is 0. The molecule has 0 aliphatic rings. The molecule has 0 aromatic heterocycles. The molecule has 0 aliphatic heterocycles. The average molecular weight is 275 g/mol. The van der Waals surface area contributed by atoms with E-state index in [9.17, 15) is 4.79 Å². The van der Waals surface area contributed by atoms with Gasteiger partial charge in [0.05, 0.1) is 11.1 Å². The largest absolute Gasteiger partial charge is 0.478 e. The van der Waals surface area contributed by atoms with Gasteiger partial charge in [0.15, 0.2) is 0 Å². The Morgan fingerprint density at radius 2 is 2.29 bits per heavy atom. The maximum Gasteiger partial charge on any atom is 0.337 e. The number of halogens is 2. The molecule has 72 valence electrons. The summed E-state index contributed by atoms with van der Waals surface area (Å²) in [6.45, 7) is 0. The summed E-state index contributed by atoms with van der Waals surface area (Å²) in [4.78, 5) is 10.9. The summed E-state index contributed by atoms with van der Waals surface area (Å²) >= 11 is 8.68. The van der Waals surface area contributed by atoms with E-state index in [1.807, 2.05) is 6.07 Å². The molecule has 1 aromatic rings. The van der Waals surface area contributed by atoms with E-state index >= 15 is 0 Å². The lowest BCUT2D eigenvalue weighted by atomic mass is 10.0. The van der Waals surface area contributed by atoms with Crippen LogP contribution < -0.4 is 0 Å². The van der Waals surface area contributed by atoms with Gasteiger partial charge in [0.25, 0.3) is 0 Å². The number of nitrogens with zero attached hydrogens (tertiary/aromatic N) is 1. The molecular formula is C9H5BrClNO2. The van der Waals surface area contributed by atoms with Gasteiger partial charge in [0, 0.05) is 10.4 Å². The lowest BCUT2D eigenvalue weighted by Crippen LogP contribution is -2.05. The van der Waals surface area contributed by atoms with Crippen molar-refractivity contribution in [1.82, 2.24) is 0 Å². The zero-order valence-electron chi connectivity index (χ0n) is 6.92. The number of aromatic carboxylic acids is 1. The van der Waals surface area contributed by atoms with Crippen molar-refractivity contribution in [3.63, 3.8) is 0 Å². The number of alkyl halides is 1. The molecule has 0 bridgehead atoms. The van der Waals surface area contributed by atoms with Gasteiger partial charge in [-0.2, -0.15) is 5.26 Å². The van der Waals surface area contributed by atoms with Crippen LogP contribution in [0.1, 0.15) is 21.5 Å². The molecule has 0 spiro atoms. The molecule has 0 heterocycles. The molecule has 1 N–H and O–H groups in total. The van der Waals surface area contributed by atoms with E-state index in [4.69, 9.17) is 22.0 Å². The highest BCUT2D eigenvalue weighted by Crippen LogP contribution is 2.24. The molecule has 0 saturated carbocycles. The molecule has 1 aromatic carbocycles. The lowest BCUT2D eigenvalue weighted by Gasteiger charge is -2.05. The molecular weight excluding hydrogens is 269 g/mol. The Bertz CT molecular complexity index is 426. The van der Waals surface area contributed by atoms with Crippen LogP contribution in [-0.2, 0) is 5.88 Å². The van der Waals surface area contributed by atoms with Gasteiger partial charge in [-0.1, -0.05) is 6.07 Å². The van der Waals surface area contributed by atoms with Crippen molar-refractivity contribution in [2.24, 2.45) is 0 Å². The maximum atomic E-state index is 10.9. The Morgan fingerprint density at radius 3 is 2.71 bits per heavy atom. The Balaban J connectivity index is 3.54. The van der Waals surface area contributed by atoms with Gasteiger partial charge in [0.2, 0.25) is 0 Å². The molecule has 0 atom stereocenters. The third-order valence-electron chi connectivity index (χ3n) is 1.71. The molecule has 0 amide bonds. The van der Waals surface area contributed by atoms with Gasteiger partial charge in [0.1, 0.15) is 6.07 Å². The first-order chi connectivity index (χ1) is 6.61. The van der Waals surface area contributed by atoms with E-state index in [0.29, 0.717) is 10.0 Å². The minimum Gasteiger partial charge on any atom is -0.478 e. The quantitative estimate of drug-likeness (QED) is 0.844. The van der Waals surface area contributed by atoms with Crippen LogP contribution in [0.4, 0.5) is 0 Å². The molecule has 0 radical (unpaired) electrons. The number of carbonyl (C=O) groups is 1. The summed E-state index contributed by atoms with van der Waals surface area (Å²) in [5.74, 6) is -1.07. The lowest BCUT2D eigenvalue weighted by molar-refractivity contribution is 0.0695. The summed E-state index contributed by atoms with van der Waals surface area (Å²) in [6, 6.07) is 5.03. The van der Waals surface area contributed by atoms with Crippen molar-refractivity contribution < 1.29 is 9.90 Å². The van der Waals surface area contributed by atoms with Crippen molar-refractivity contribution in [3.05, 3.63) is 33.3 Å². The second-order valence-corrected chi connectivity index (χ2v) is 3.63. The van der Waals surface area contributed by atoms with Crippen molar-refractivity contribution in [1.29, 1.82) is 5.26 Å². The van der Waals surface area contributed by atoms with Gasteiger partial charge in [-0.05, 0) is 27.6 Å². The average Bonchev–Trinajstić information content (AvgIpc) is 2.17. The predicted molar refractivity (Wildman–Crippen MR) is 55.4 cm³/mol.